The van der Waals surface area contributed by atoms with Crippen molar-refractivity contribution in [3.05, 3.63) is 36.0 Å². The first-order chi connectivity index (χ1) is 10.1. The van der Waals surface area contributed by atoms with Crippen molar-refractivity contribution in [2.75, 3.05) is 13.6 Å². The van der Waals surface area contributed by atoms with Crippen LogP contribution < -0.4 is 0 Å². The van der Waals surface area contributed by atoms with Crippen LogP contribution >= 0.6 is 0 Å². The fourth-order valence-corrected chi connectivity index (χ4v) is 3.04. The van der Waals surface area contributed by atoms with Gasteiger partial charge in [-0.3, -0.25) is 4.79 Å². The Bertz CT molecular complexity index is 629. The van der Waals surface area contributed by atoms with Gasteiger partial charge in [-0.1, -0.05) is 6.07 Å². The van der Waals surface area contributed by atoms with Crippen LogP contribution in [0.4, 0.5) is 0 Å². The van der Waals surface area contributed by atoms with Crippen molar-refractivity contribution < 1.29 is 9.90 Å². The molecule has 1 amide bonds. The first kappa shape index (κ1) is 14.1. The number of hydrogen-bond acceptors (Lipinski definition) is 2. The maximum absolute atomic E-state index is 12.1. The van der Waals surface area contributed by atoms with Gasteiger partial charge in [0.1, 0.15) is 0 Å². The van der Waals surface area contributed by atoms with E-state index in [2.05, 4.69) is 29.2 Å². The van der Waals surface area contributed by atoms with Gasteiger partial charge in [-0.25, -0.2) is 0 Å². The molecule has 0 atom stereocenters. The predicted molar refractivity (Wildman–Crippen MR) is 83.0 cm³/mol. The Hall–Kier alpha value is -1.81. The van der Waals surface area contributed by atoms with E-state index in [1.807, 2.05) is 18.1 Å². The molecule has 0 saturated heterocycles. The summed E-state index contributed by atoms with van der Waals surface area (Å²) in [5.41, 5.74) is 2.33. The minimum absolute atomic E-state index is 0.147. The van der Waals surface area contributed by atoms with E-state index in [0.29, 0.717) is 12.3 Å². The van der Waals surface area contributed by atoms with E-state index in [0.717, 1.165) is 31.3 Å². The van der Waals surface area contributed by atoms with Crippen molar-refractivity contribution in [2.24, 2.45) is 5.92 Å². The van der Waals surface area contributed by atoms with Gasteiger partial charge < -0.3 is 15.0 Å². The third-order valence-corrected chi connectivity index (χ3v) is 4.41. The quantitative estimate of drug-likeness (QED) is 0.886. The monoisotopic (exact) mass is 286 g/mol. The average molecular weight is 286 g/mol. The fraction of sp³-hybridized carbons (Fsp3) is 0.471. The number of aromatic nitrogens is 1. The summed E-state index contributed by atoms with van der Waals surface area (Å²) >= 11 is 0. The van der Waals surface area contributed by atoms with Crippen molar-refractivity contribution in [3.8, 4) is 0 Å². The second kappa shape index (κ2) is 5.90. The number of aryl methyl sites for hydroxylation is 1. The molecule has 1 aliphatic carbocycles. The standard InChI is InChI=1S/C17H22N2O2/c1-19(11-13-9-15(20)10-13)17(21)5-3-12-2-4-16-14(8-12)6-7-18-16/h2,4,6-8,13,15,18,20H,3,5,9-11H2,1H3. The van der Waals surface area contributed by atoms with Gasteiger partial charge in [-0.2, -0.15) is 0 Å². The molecular weight excluding hydrogens is 264 g/mol. The van der Waals surface area contributed by atoms with E-state index < -0.39 is 0 Å². The summed E-state index contributed by atoms with van der Waals surface area (Å²) in [6.45, 7) is 0.771. The highest BCUT2D eigenvalue weighted by molar-refractivity contribution is 5.80. The number of rotatable bonds is 5. The highest BCUT2D eigenvalue weighted by Gasteiger charge is 2.28. The molecule has 1 aliphatic rings. The maximum Gasteiger partial charge on any atom is 0.222 e. The van der Waals surface area contributed by atoms with Crippen molar-refractivity contribution in [1.82, 2.24) is 9.88 Å². The topological polar surface area (TPSA) is 56.3 Å². The van der Waals surface area contributed by atoms with E-state index in [1.54, 1.807) is 0 Å². The molecule has 1 aromatic carbocycles. The van der Waals surface area contributed by atoms with Gasteiger partial charge in [0.25, 0.3) is 0 Å². The van der Waals surface area contributed by atoms with Gasteiger partial charge in [0.05, 0.1) is 6.10 Å². The first-order valence-corrected chi connectivity index (χ1v) is 7.60. The molecule has 1 aromatic heterocycles. The van der Waals surface area contributed by atoms with E-state index in [1.165, 1.54) is 10.9 Å². The van der Waals surface area contributed by atoms with Crippen LogP contribution in [-0.4, -0.2) is 40.6 Å². The van der Waals surface area contributed by atoms with Crippen molar-refractivity contribution in [2.45, 2.75) is 31.8 Å². The third-order valence-electron chi connectivity index (χ3n) is 4.41. The van der Waals surface area contributed by atoms with Crippen LogP contribution in [0, 0.1) is 5.92 Å². The molecule has 21 heavy (non-hydrogen) atoms. The number of carbonyl (C=O) groups is 1. The molecule has 0 spiro atoms. The second-order valence-corrected chi connectivity index (χ2v) is 6.16. The van der Waals surface area contributed by atoms with Gasteiger partial charge in [-0.15, -0.1) is 0 Å². The van der Waals surface area contributed by atoms with Crippen LogP contribution in [-0.2, 0) is 11.2 Å². The Kier molecular flexibility index (Phi) is 3.97. The summed E-state index contributed by atoms with van der Waals surface area (Å²) < 4.78 is 0. The van der Waals surface area contributed by atoms with Gasteiger partial charge in [0.15, 0.2) is 0 Å². The van der Waals surface area contributed by atoms with E-state index in [-0.39, 0.29) is 12.0 Å². The van der Waals surface area contributed by atoms with E-state index in [4.69, 9.17) is 0 Å². The number of fused-ring (bicyclic) bond motifs is 1. The minimum atomic E-state index is -0.147. The minimum Gasteiger partial charge on any atom is -0.393 e. The van der Waals surface area contributed by atoms with E-state index >= 15 is 0 Å². The molecule has 0 unspecified atom stereocenters. The Morgan fingerprint density at radius 3 is 2.95 bits per heavy atom. The summed E-state index contributed by atoms with van der Waals surface area (Å²) in [6.07, 6.45) is 4.77. The van der Waals surface area contributed by atoms with Crippen LogP contribution in [0.1, 0.15) is 24.8 Å². The SMILES string of the molecule is CN(CC1CC(O)C1)C(=O)CCc1ccc2[nH]ccc2c1. The van der Waals surface area contributed by atoms with Crippen molar-refractivity contribution in [1.29, 1.82) is 0 Å². The zero-order valence-corrected chi connectivity index (χ0v) is 12.4. The predicted octanol–water partition coefficient (Wildman–Crippen LogP) is 2.33. The number of amides is 1. The summed E-state index contributed by atoms with van der Waals surface area (Å²) in [5, 5.41) is 10.5. The number of aliphatic hydroxyl groups is 1. The lowest BCUT2D eigenvalue weighted by molar-refractivity contribution is -0.131. The molecule has 1 heterocycles. The Balaban J connectivity index is 1.50. The molecule has 4 nitrogen and oxygen atoms in total. The van der Waals surface area contributed by atoms with Crippen molar-refractivity contribution in [3.63, 3.8) is 0 Å². The van der Waals surface area contributed by atoms with Gasteiger partial charge in [0, 0.05) is 31.7 Å². The molecule has 1 saturated carbocycles. The average Bonchev–Trinajstić information content (AvgIpc) is 2.90. The normalized spacial score (nSPS) is 21.2. The summed E-state index contributed by atoms with van der Waals surface area (Å²) in [6, 6.07) is 8.33. The van der Waals surface area contributed by atoms with Crippen LogP contribution in [0.25, 0.3) is 10.9 Å². The summed E-state index contributed by atoms with van der Waals surface area (Å²) in [4.78, 5) is 17.1. The largest absolute Gasteiger partial charge is 0.393 e. The van der Waals surface area contributed by atoms with Gasteiger partial charge in [-0.05, 0) is 54.3 Å². The molecule has 3 rings (SSSR count). The maximum atomic E-state index is 12.1. The lowest BCUT2D eigenvalue weighted by Gasteiger charge is -2.34. The number of benzene rings is 1. The summed E-state index contributed by atoms with van der Waals surface area (Å²) in [5.74, 6) is 0.663. The highest BCUT2D eigenvalue weighted by Crippen LogP contribution is 2.27. The second-order valence-electron chi connectivity index (χ2n) is 6.16. The zero-order valence-electron chi connectivity index (χ0n) is 12.4. The van der Waals surface area contributed by atoms with Gasteiger partial charge >= 0.3 is 0 Å². The zero-order chi connectivity index (χ0) is 14.8. The van der Waals surface area contributed by atoms with Crippen LogP contribution in [0.3, 0.4) is 0 Å². The molecule has 0 radical (unpaired) electrons. The molecule has 0 bridgehead atoms. The molecule has 0 aliphatic heterocycles. The number of aliphatic hydroxyl groups excluding tert-OH is 1. The molecule has 4 heteroatoms. The third kappa shape index (κ3) is 3.27. The van der Waals surface area contributed by atoms with Gasteiger partial charge in [0.2, 0.25) is 5.91 Å². The molecule has 112 valence electrons. The molecule has 1 fully saturated rings. The Morgan fingerprint density at radius 2 is 2.19 bits per heavy atom. The Labute approximate surface area is 124 Å². The van der Waals surface area contributed by atoms with Crippen molar-refractivity contribution >= 4 is 16.8 Å². The number of carbonyl (C=O) groups excluding carboxylic acids is 1. The highest BCUT2D eigenvalue weighted by atomic mass is 16.3. The fourth-order valence-electron chi connectivity index (χ4n) is 3.04. The molecular formula is C17H22N2O2. The lowest BCUT2D eigenvalue weighted by atomic mass is 9.82. The first-order valence-electron chi connectivity index (χ1n) is 7.60. The number of hydrogen-bond donors (Lipinski definition) is 2. The number of aromatic amines is 1. The Morgan fingerprint density at radius 1 is 1.38 bits per heavy atom. The van der Waals surface area contributed by atoms with Crippen LogP contribution in [0.2, 0.25) is 0 Å². The number of H-pyrrole nitrogens is 1. The van der Waals surface area contributed by atoms with Crippen LogP contribution in [0.5, 0.6) is 0 Å². The lowest BCUT2D eigenvalue weighted by Crippen LogP contribution is -2.39. The van der Waals surface area contributed by atoms with E-state index in [9.17, 15) is 9.90 Å². The number of nitrogens with one attached hydrogen (secondary N) is 1. The smallest absolute Gasteiger partial charge is 0.222 e. The molecule has 2 N–H and O–H groups in total. The summed E-state index contributed by atoms with van der Waals surface area (Å²) in [7, 11) is 1.86. The van der Waals surface area contributed by atoms with Crippen LogP contribution in [0.15, 0.2) is 30.5 Å². The number of nitrogens with zero attached hydrogens (tertiary/aromatic N) is 1. The molecule has 2 aromatic rings.